The molecule has 0 aromatic rings. The third-order valence-electron chi connectivity index (χ3n) is 3.57. The van der Waals surface area contributed by atoms with E-state index in [-0.39, 0.29) is 12.5 Å². The van der Waals surface area contributed by atoms with Crippen molar-refractivity contribution >= 4 is 14.3 Å². The molecule has 0 aliphatic rings. The molecule has 0 aromatic heterocycles. The van der Waals surface area contributed by atoms with Gasteiger partial charge in [-0.05, 0) is 23.5 Å². The Kier molecular flexibility index (Phi) is 6.41. The molecule has 4 heteroatoms. The van der Waals surface area contributed by atoms with Crippen molar-refractivity contribution in [3.8, 4) is 0 Å². The smallest absolute Gasteiger partial charge is 0.305 e. The van der Waals surface area contributed by atoms with Gasteiger partial charge in [-0.15, -0.1) is 0 Å². The lowest BCUT2D eigenvalue weighted by Gasteiger charge is -2.43. The van der Waals surface area contributed by atoms with Crippen LogP contribution in [-0.2, 0) is 9.22 Å². The quantitative estimate of drug-likeness (QED) is 0.703. The molecule has 0 bridgehead atoms. The van der Waals surface area contributed by atoms with Gasteiger partial charge in [0.1, 0.15) is 0 Å². The number of aliphatic carboxylic acids is 1. The highest BCUT2D eigenvalue weighted by Gasteiger charge is 2.46. The maximum Gasteiger partial charge on any atom is 0.305 e. The Morgan fingerprint density at radius 2 is 1.35 bits per heavy atom. The van der Waals surface area contributed by atoms with Gasteiger partial charge in [0.15, 0.2) is 0 Å². The van der Waals surface area contributed by atoms with E-state index < -0.39 is 14.3 Å². The average molecular weight is 260 g/mol. The Morgan fingerprint density at radius 3 is 1.59 bits per heavy atom. The van der Waals surface area contributed by atoms with Crippen LogP contribution in [0.2, 0.25) is 16.6 Å². The van der Waals surface area contributed by atoms with Gasteiger partial charge in [-0.3, -0.25) is 4.79 Å². The van der Waals surface area contributed by atoms with E-state index in [0.29, 0.717) is 16.6 Å². The minimum absolute atomic E-state index is 0.0981. The predicted molar refractivity (Wildman–Crippen MR) is 73.8 cm³/mol. The van der Waals surface area contributed by atoms with Crippen LogP contribution in [-0.4, -0.2) is 25.5 Å². The number of hydrogen-bond donors (Lipinski definition) is 1. The molecule has 0 radical (unpaired) electrons. The predicted octanol–water partition coefficient (Wildman–Crippen LogP) is 4.04. The first-order valence-corrected chi connectivity index (χ1v) is 8.68. The van der Waals surface area contributed by atoms with Gasteiger partial charge < -0.3 is 9.53 Å². The van der Waals surface area contributed by atoms with Gasteiger partial charge in [0.05, 0.1) is 12.5 Å². The molecule has 0 saturated heterocycles. The zero-order chi connectivity index (χ0) is 13.8. The lowest BCUT2D eigenvalue weighted by atomic mass is 10.3. The summed E-state index contributed by atoms with van der Waals surface area (Å²) in [5.41, 5.74) is 1.50. The van der Waals surface area contributed by atoms with Crippen LogP contribution in [0.15, 0.2) is 0 Å². The summed E-state index contributed by atoms with van der Waals surface area (Å²) >= 11 is 0. The summed E-state index contributed by atoms with van der Waals surface area (Å²) in [7, 11) is -1.92. The fourth-order valence-corrected chi connectivity index (χ4v) is 8.64. The van der Waals surface area contributed by atoms with E-state index in [4.69, 9.17) is 9.53 Å². The summed E-state index contributed by atoms with van der Waals surface area (Å²) in [6.07, 6.45) is -0.0904. The molecule has 0 fully saturated rings. The van der Waals surface area contributed by atoms with Crippen molar-refractivity contribution < 1.29 is 14.3 Å². The number of rotatable bonds is 7. The second-order valence-corrected chi connectivity index (χ2v) is 11.3. The number of hydrogen-bond acceptors (Lipinski definition) is 2. The zero-order valence-electron chi connectivity index (χ0n) is 12.3. The summed E-state index contributed by atoms with van der Waals surface area (Å²) in [5, 5.41) is 8.83. The minimum atomic E-state index is -1.92. The highest BCUT2D eigenvalue weighted by Crippen LogP contribution is 2.43. The molecule has 1 N–H and O–H groups in total. The highest BCUT2D eigenvalue weighted by atomic mass is 28.4. The largest absolute Gasteiger partial charge is 0.481 e. The number of carbonyl (C=O) groups is 1. The molecular formula is C13H28O3Si. The summed E-state index contributed by atoms with van der Waals surface area (Å²) in [5.74, 6) is -0.781. The monoisotopic (exact) mass is 260 g/mol. The van der Waals surface area contributed by atoms with Crippen molar-refractivity contribution in [1.29, 1.82) is 0 Å². The van der Waals surface area contributed by atoms with E-state index in [9.17, 15) is 4.79 Å². The first kappa shape index (κ1) is 16.6. The van der Waals surface area contributed by atoms with Gasteiger partial charge in [0.25, 0.3) is 0 Å². The first-order valence-electron chi connectivity index (χ1n) is 6.54. The minimum Gasteiger partial charge on any atom is -0.481 e. The van der Waals surface area contributed by atoms with E-state index in [0.717, 1.165) is 0 Å². The SMILES string of the molecule is CC(C)[Si](O[C@H](C)CC(=O)O)(C(C)C)C(C)C. The molecule has 17 heavy (non-hydrogen) atoms. The highest BCUT2D eigenvalue weighted by molar-refractivity contribution is 6.77. The Morgan fingerprint density at radius 1 is 1.00 bits per heavy atom. The molecule has 0 spiro atoms. The van der Waals surface area contributed by atoms with Gasteiger partial charge in [0.2, 0.25) is 8.32 Å². The molecule has 0 heterocycles. The number of carboxylic acids is 1. The van der Waals surface area contributed by atoms with Crippen LogP contribution in [0, 0.1) is 0 Å². The van der Waals surface area contributed by atoms with Crippen molar-refractivity contribution in [2.24, 2.45) is 0 Å². The van der Waals surface area contributed by atoms with Crippen molar-refractivity contribution in [2.75, 3.05) is 0 Å². The molecule has 0 aliphatic carbocycles. The Balaban J connectivity index is 4.98. The lowest BCUT2D eigenvalue weighted by molar-refractivity contribution is -0.138. The zero-order valence-corrected chi connectivity index (χ0v) is 13.3. The van der Waals surface area contributed by atoms with Crippen LogP contribution in [0.25, 0.3) is 0 Å². The topological polar surface area (TPSA) is 46.5 Å². The standard InChI is InChI=1S/C13H28O3Si/c1-9(2)17(10(3)4,11(5)6)16-12(7)8-13(14)15/h9-12H,8H2,1-7H3,(H,14,15)/t12-/m1/s1. The van der Waals surface area contributed by atoms with Gasteiger partial charge in [0, 0.05) is 0 Å². The molecule has 0 unspecified atom stereocenters. The van der Waals surface area contributed by atoms with Crippen molar-refractivity contribution in [1.82, 2.24) is 0 Å². The van der Waals surface area contributed by atoms with Crippen molar-refractivity contribution in [2.45, 2.75) is 77.6 Å². The normalized spacial score (nSPS) is 14.7. The fraction of sp³-hybridized carbons (Fsp3) is 0.923. The molecule has 0 rings (SSSR count). The van der Waals surface area contributed by atoms with Crippen LogP contribution >= 0.6 is 0 Å². The van der Waals surface area contributed by atoms with Gasteiger partial charge in [-0.1, -0.05) is 41.5 Å². The van der Waals surface area contributed by atoms with Crippen molar-refractivity contribution in [3.05, 3.63) is 0 Å². The fourth-order valence-electron chi connectivity index (χ4n) is 3.04. The van der Waals surface area contributed by atoms with Crippen LogP contribution in [0.3, 0.4) is 0 Å². The molecule has 0 saturated carbocycles. The molecular weight excluding hydrogens is 232 g/mol. The summed E-state index contributed by atoms with van der Waals surface area (Å²) in [6.45, 7) is 15.1. The van der Waals surface area contributed by atoms with E-state index in [1.54, 1.807) is 0 Å². The van der Waals surface area contributed by atoms with Crippen molar-refractivity contribution in [3.63, 3.8) is 0 Å². The van der Waals surface area contributed by atoms with Crippen LogP contribution in [0.1, 0.15) is 54.9 Å². The van der Waals surface area contributed by atoms with Gasteiger partial charge >= 0.3 is 5.97 Å². The molecule has 1 atom stereocenters. The lowest BCUT2D eigenvalue weighted by Crippen LogP contribution is -2.50. The third kappa shape index (κ3) is 4.10. The van der Waals surface area contributed by atoms with Crippen LogP contribution < -0.4 is 0 Å². The third-order valence-corrected chi connectivity index (χ3v) is 9.80. The van der Waals surface area contributed by atoms with Crippen LogP contribution in [0.4, 0.5) is 0 Å². The molecule has 0 aliphatic heterocycles. The first-order chi connectivity index (χ1) is 7.64. The summed E-state index contributed by atoms with van der Waals surface area (Å²) in [6, 6.07) is 0. The Bertz CT molecular complexity index is 227. The van der Waals surface area contributed by atoms with E-state index >= 15 is 0 Å². The molecule has 102 valence electrons. The second kappa shape index (κ2) is 6.54. The molecule has 3 nitrogen and oxygen atoms in total. The Labute approximate surface area is 107 Å². The van der Waals surface area contributed by atoms with E-state index in [1.807, 2.05) is 6.92 Å². The van der Waals surface area contributed by atoms with Gasteiger partial charge in [-0.2, -0.15) is 0 Å². The average Bonchev–Trinajstić information content (AvgIpc) is 2.10. The maximum absolute atomic E-state index is 10.7. The van der Waals surface area contributed by atoms with E-state index in [2.05, 4.69) is 41.5 Å². The maximum atomic E-state index is 10.7. The molecule has 0 aromatic carbocycles. The second-order valence-electron chi connectivity index (χ2n) is 5.84. The summed E-state index contributed by atoms with van der Waals surface area (Å²) < 4.78 is 6.29. The van der Waals surface area contributed by atoms with E-state index in [1.165, 1.54) is 0 Å². The summed E-state index contributed by atoms with van der Waals surface area (Å²) in [4.78, 5) is 10.7. The van der Waals surface area contributed by atoms with Gasteiger partial charge in [-0.25, -0.2) is 0 Å². The number of carboxylic acid groups (broad SMARTS) is 1. The molecule has 0 amide bonds. The van der Waals surface area contributed by atoms with Crippen LogP contribution in [0.5, 0.6) is 0 Å². The Hall–Kier alpha value is -0.353.